The molecule has 4 heteroatoms. The maximum Gasteiger partial charge on any atom is 0.0965 e. The van der Waals surface area contributed by atoms with Crippen molar-refractivity contribution >= 4 is 11.3 Å². The third-order valence-corrected chi connectivity index (χ3v) is 4.68. The van der Waals surface area contributed by atoms with Crippen molar-refractivity contribution in [3.8, 4) is 0 Å². The van der Waals surface area contributed by atoms with Crippen molar-refractivity contribution in [1.29, 1.82) is 0 Å². The van der Waals surface area contributed by atoms with E-state index in [-0.39, 0.29) is 0 Å². The van der Waals surface area contributed by atoms with E-state index in [1.54, 1.807) is 11.3 Å². The highest BCUT2D eigenvalue weighted by molar-refractivity contribution is 7.09. The SMILES string of the molecule is CC(CNCC1(CN)CCC1)c1nccs1. The average molecular weight is 239 g/mol. The number of hydrogen-bond acceptors (Lipinski definition) is 4. The van der Waals surface area contributed by atoms with Gasteiger partial charge in [0.25, 0.3) is 0 Å². The molecule has 3 N–H and O–H groups in total. The molecule has 1 heterocycles. The van der Waals surface area contributed by atoms with E-state index in [2.05, 4.69) is 17.2 Å². The van der Waals surface area contributed by atoms with Gasteiger partial charge in [0.2, 0.25) is 0 Å². The van der Waals surface area contributed by atoms with Crippen molar-refractivity contribution < 1.29 is 0 Å². The molecule has 2 rings (SSSR count). The summed E-state index contributed by atoms with van der Waals surface area (Å²) in [5, 5.41) is 6.82. The Balaban J connectivity index is 1.72. The summed E-state index contributed by atoms with van der Waals surface area (Å²) in [6.07, 6.45) is 5.81. The van der Waals surface area contributed by atoms with Crippen molar-refractivity contribution in [2.24, 2.45) is 11.1 Å². The van der Waals surface area contributed by atoms with Crippen molar-refractivity contribution in [2.45, 2.75) is 32.1 Å². The third-order valence-electron chi connectivity index (χ3n) is 3.67. The highest BCUT2D eigenvalue weighted by Gasteiger charge is 2.34. The first kappa shape index (κ1) is 12.0. The molecular formula is C12H21N3S. The fraction of sp³-hybridized carbons (Fsp3) is 0.750. The molecule has 0 radical (unpaired) electrons. The first-order chi connectivity index (χ1) is 7.76. The van der Waals surface area contributed by atoms with Crippen LogP contribution in [-0.2, 0) is 0 Å². The molecule has 0 spiro atoms. The molecular weight excluding hydrogens is 218 g/mol. The van der Waals surface area contributed by atoms with Gasteiger partial charge in [0.15, 0.2) is 0 Å². The largest absolute Gasteiger partial charge is 0.330 e. The van der Waals surface area contributed by atoms with E-state index in [1.165, 1.54) is 24.3 Å². The zero-order chi connectivity index (χ0) is 11.4. The first-order valence-electron chi connectivity index (χ1n) is 6.06. The van der Waals surface area contributed by atoms with Gasteiger partial charge in [0.1, 0.15) is 0 Å². The van der Waals surface area contributed by atoms with Gasteiger partial charge in [0, 0.05) is 30.6 Å². The number of aromatic nitrogens is 1. The summed E-state index contributed by atoms with van der Waals surface area (Å²) >= 11 is 1.74. The van der Waals surface area contributed by atoms with Gasteiger partial charge in [-0.3, -0.25) is 0 Å². The number of thiazole rings is 1. The number of rotatable bonds is 6. The lowest BCUT2D eigenvalue weighted by Gasteiger charge is -2.41. The topological polar surface area (TPSA) is 50.9 Å². The molecule has 1 aromatic rings. The Bertz CT molecular complexity index is 301. The van der Waals surface area contributed by atoms with E-state index in [4.69, 9.17) is 5.73 Å². The predicted octanol–water partition coefficient (Wildman–Crippen LogP) is 1.97. The number of hydrogen-bond donors (Lipinski definition) is 2. The molecule has 1 aromatic heterocycles. The summed E-state index contributed by atoms with van der Waals surface area (Å²) in [5.41, 5.74) is 6.24. The summed E-state index contributed by atoms with van der Waals surface area (Å²) < 4.78 is 0. The summed E-state index contributed by atoms with van der Waals surface area (Å²) in [4.78, 5) is 4.34. The Morgan fingerprint density at radius 1 is 1.62 bits per heavy atom. The second-order valence-corrected chi connectivity index (χ2v) is 5.89. The van der Waals surface area contributed by atoms with Crippen molar-refractivity contribution in [1.82, 2.24) is 10.3 Å². The summed E-state index contributed by atoms with van der Waals surface area (Å²) in [6.45, 7) is 5.13. The molecule has 16 heavy (non-hydrogen) atoms. The first-order valence-corrected chi connectivity index (χ1v) is 6.94. The monoisotopic (exact) mass is 239 g/mol. The highest BCUT2D eigenvalue weighted by Crippen LogP contribution is 2.39. The summed E-state index contributed by atoms with van der Waals surface area (Å²) in [5.74, 6) is 0.509. The maximum atomic E-state index is 5.83. The second-order valence-electron chi connectivity index (χ2n) is 4.96. The maximum absolute atomic E-state index is 5.83. The van der Waals surface area contributed by atoms with Gasteiger partial charge in [-0.25, -0.2) is 4.98 Å². The van der Waals surface area contributed by atoms with Crippen LogP contribution in [0.3, 0.4) is 0 Å². The molecule has 3 nitrogen and oxygen atoms in total. The van der Waals surface area contributed by atoms with Gasteiger partial charge in [0.05, 0.1) is 5.01 Å². The lowest BCUT2D eigenvalue weighted by molar-refractivity contribution is 0.141. The normalized spacial score (nSPS) is 20.4. The van der Waals surface area contributed by atoms with Crippen molar-refractivity contribution in [2.75, 3.05) is 19.6 Å². The molecule has 0 bridgehead atoms. The minimum Gasteiger partial charge on any atom is -0.330 e. The Morgan fingerprint density at radius 2 is 2.44 bits per heavy atom. The number of nitrogens with one attached hydrogen (secondary N) is 1. The molecule has 90 valence electrons. The molecule has 1 aliphatic rings. The zero-order valence-electron chi connectivity index (χ0n) is 9.91. The fourth-order valence-corrected chi connectivity index (χ4v) is 2.95. The molecule has 1 fully saturated rings. The zero-order valence-corrected chi connectivity index (χ0v) is 10.7. The quantitative estimate of drug-likeness (QED) is 0.798. The Morgan fingerprint density at radius 3 is 2.94 bits per heavy atom. The average Bonchev–Trinajstić information content (AvgIpc) is 2.75. The number of nitrogens with two attached hydrogens (primary N) is 1. The smallest absolute Gasteiger partial charge is 0.0965 e. The van der Waals surface area contributed by atoms with E-state index in [0.29, 0.717) is 11.3 Å². The van der Waals surface area contributed by atoms with Crippen LogP contribution in [0, 0.1) is 5.41 Å². The van der Waals surface area contributed by atoms with Gasteiger partial charge in [-0.1, -0.05) is 13.3 Å². The molecule has 1 unspecified atom stereocenters. The van der Waals surface area contributed by atoms with Crippen LogP contribution in [0.5, 0.6) is 0 Å². The molecule has 0 amide bonds. The van der Waals surface area contributed by atoms with Crippen LogP contribution in [0.25, 0.3) is 0 Å². The van der Waals surface area contributed by atoms with Crippen molar-refractivity contribution in [3.05, 3.63) is 16.6 Å². The van der Waals surface area contributed by atoms with Gasteiger partial charge in [-0.2, -0.15) is 0 Å². The van der Waals surface area contributed by atoms with Crippen LogP contribution in [0.15, 0.2) is 11.6 Å². The van der Waals surface area contributed by atoms with Crippen LogP contribution in [0.2, 0.25) is 0 Å². The molecule has 0 saturated heterocycles. The van der Waals surface area contributed by atoms with Gasteiger partial charge in [-0.15, -0.1) is 11.3 Å². The minimum atomic E-state index is 0.405. The fourth-order valence-electron chi connectivity index (χ4n) is 2.25. The van der Waals surface area contributed by atoms with Crippen molar-refractivity contribution in [3.63, 3.8) is 0 Å². The van der Waals surface area contributed by atoms with Crippen LogP contribution in [0.4, 0.5) is 0 Å². The molecule has 1 saturated carbocycles. The number of nitrogens with zero attached hydrogens (tertiary/aromatic N) is 1. The van der Waals surface area contributed by atoms with E-state index >= 15 is 0 Å². The van der Waals surface area contributed by atoms with E-state index < -0.39 is 0 Å². The molecule has 0 aliphatic heterocycles. The third kappa shape index (κ3) is 2.62. The van der Waals surface area contributed by atoms with Crippen LogP contribution in [0.1, 0.15) is 37.1 Å². The lowest BCUT2D eigenvalue weighted by Crippen LogP contribution is -2.46. The standard InChI is InChI=1S/C12H21N3S/c1-10(11-15-5-6-16-11)7-14-9-12(8-13)3-2-4-12/h5-6,10,14H,2-4,7-9,13H2,1H3. The highest BCUT2D eigenvalue weighted by atomic mass is 32.1. The van der Waals surface area contributed by atoms with E-state index in [1.807, 2.05) is 11.6 Å². The molecule has 1 aliphatic carbocycles. The van der Waals surface area contributed by atoms with Gasteiger partial charge in [-0.05, 0) is 24.8 Å². The molecule has 1 atom stereocenters. The van der Waals surface area contributed by atoms with Crippen LogP contribution >= 0.6 is 11.3 Å². The lowest BCUT2D eigenvalue weighted by atomic mass is 9.69. The molecule has 0 aromatic carbocycles. The Labute approximate surface area is 101 Å². The minimum absolute atomic E-state index is 0.405. The van der Waals surface area contributed by atoms with Crippen LogP contribution in [-0.4, -0.2) is 24.6 Å². The predicted molar refractivity (Wildman–Crippen MR) is 68.7 cm³/mol. The second kappa shape index (κ2) is 5.25. The Kier molecular flexibility index (Phi) is 3.95. The van der Waals surface area contributed by atoms with Gasteiger partial charge >= 0.3 is 0 Å². The summed E-state index contributed by atoms with van der Waals surface area (Å²) in [6, 6.07) is 0. The Hall–Kier alpha value is -0.450. The summed E-state index contributed by atoms with van der Waals surface area (Å²) in [7, 11) is 0. The van der Waals surface area contributed by atoms with Crippen LogP contribution < -0.4 is 11.1 Å². The van der Waals surface area contributed by atoms with E-state index in [9.17, 15) is 0 Å². The van der Waals surface area contributed by atoms with Gasteiger partial charge < -0.3 is 11.1 Å². The van der Waals surface area contributed by atoms with E-state index in [0.717, 1.165) is 19.6 Å².